The van der Waals surface area contributed by atoms with Crippen LogP contribution in [-0.2, 0) is 16.6 Å². The number of aryl methyl sites for hydroxylation is 1. The van der Waals surface area contributed by atoms with Crippen LogP contribution in [-0.4, -0.2) is 37.4 Å². The summed E-state index contributed by atoms with van der Waals surface area (Å²) in [6.07, 6.45) is 3.41. The van der Waals surface area contributed by atoms with Gasteiger partial charge in [0.15, 0.2) is 0 Å². The Bertz CT molecular complexity index is 1260. The van der Waals surface area contributed by atoms with Gasteiger partial charge in [-0.2, -0.15) is 5.26 Å². The van der Waals surface area contributed by atoms with Crippen molar-refractivity contribution in [2.45, 2.75) is 37.2 Å². The van der Waals surface area contributed by atoms with Crippen LogP contribution >= 0.6 is 0 Å². The van der Waals surface area contributed by atoms with Crippen LogP contribution in [0.15, 0.2) is 41.4 Å². The molecule has 3 aromatic rings. The molecule has 2 aromatic heterocycles. The number of hydrogen-bond acceptors (Lipinski definition) is 4. The lowest BCUT2D eigenvalue weighted by molar-refractivity contribution is 0.334. The number of aromatic nitrogens is 2. The van der Waals surface area contributed by atoms with Crippen molar-refractivity contribution in [3.05, 3.63) is 47.7 Å². The van der Waals surface area contributed by atoms with Gasteiger partial charge in [-0.05, 0) is 49.4 Å². The van der Waals surface area contributed by atoms with Gasteiger partial charge in [0.2, 0.25) is 10.0 Å². The molecule has 0 aliphatic heterocycles. The van der Waals surface area contributed by atoms with E-state index in [0.29, 0.717) is 22.9 Å². The number of rotatable bonds is 8. The second-order valence-corrected chi connectivity index (χ2v) is 9.63. The highest BCUT2D eigenvalue weighted by molar-refractivity contribution is 7.89. The van der Waals surface area contributed by atoms with E-state index < -0.39 is 29.4 Å². The molecule has 162 valence electrons. The third kappa shape index (κ3) is 4.18. The lowest BCUT2D eigenvalue weighted by Gasteiger charge is -2.13. The Balaban J connectivity index is 1.79. The number of sulfonamides is 1. The molecule has 0 saturated heterocycles. The molecule has 0 radical (unpaired) electrons. The zero-order valence-corrected chi connectivity index (χ0v) is 17.8. The Morgan fingerprint density at radius 3 is 2.58 bits per heavy atom. The normalized spacial score (nSPS) is 14.3. The molecule has 6 nitrogen and oxygen atoms in total. The molecular formula is C22H22F2N4O2S. The fraction of sp³-hybridized carbons (Fsp3) is 0.364. The van der Waals surface area contributed by atoms with E-state index in [0.717, 1.165) is 42.0 Å². The van der Waals surface area contributed by atoms with E-state index in [1.165, 1.54) is 12.1 Å². The van der Waals surface area contributed by atoms with Crippen molar-refractivity contribution in [3.63, 3.8) is 0 Å². The van der Waals surface area contributed by atoms with Crippen LogP contribution in [0.2, 0.25) is 0 Å². The monoisotopic (exact) mass is 444 g/mol. The number of nitrogens with zero attached hydrogens (tertiary/aromatic N) is 3. The summed E-state index contributed by atoms with van der Waals surface area (Å²) in [5.41, 5.74) is 3.64. The van der Waals surface area contributed by atoms with Gasteiger partial charge < -0.3 is 4.57 Å². The third-order valence-electron chi connectivity index (χ3n) is 5.45. The predicted molar refractivity (Wildman–Crippen MR) is 113 cm³/mol. The minimum Gasteiger partial charge on any atom is -0.338 e. The number of halogens is 2. The van der Waals surface area contributed by atoms with Crippen molar-refractivity contribution < 1.29 is 17.2 Å². The van der Waals surface area contributed by atoms with Crippen molar-refractivity contribution in [2.24, 2.45) is 5.92 Å². The quantitative estimate of drug-likeness (QED) is 0.571. The Kier molecular flexibility index (Phi) is 5.77. The molecule has 9 heteroatoms. The molecule has 1 saturated carbocycles. The Morgan fingerprint density at radius 2 is 2.00 bits per heavy atom. The van der Waals surface area contributed by atoms with Crippen LogP contribution in [0.1, 0.15) is 24.0 Å². The third-order valence-corrected chi connectivity index (χ3v) is 6.96. The standard InChI is InChI=1S/C22H22F2N4O2S/c1-14-2-6-18-19(11-25)22(28(21(18)8-14)13-15-3-4-15)20-7-5-17(12-26-20)31(29,30)27-16(9-23)10-24/h2,5-8,12,15-16,27H,3-4,9-10,13H2,1H3. The zero-order chi connectivity index (χ0) is 22.2. The molecule has 31 heavy (non-hydrogen) atoms. The van der Waals surface area contributed by atoms with Gasteiger partial charge in [0.1, 0.15) is 24.3 Å². The summed E-state index contributed by atoms with van der Waals surface area (Å²) in [6, 6.07) is 9.63. The van der Waals surface area contributed by atoms with Crippen molar-refractivity contribution in [2.75, 3.05) is 13.3 Å². The molecule has 1 aromatic carbocycles. The molecular weight excluding hydrogens is 422 g/mol. The van der Waals surface area contributed by atoms with Crippen LogP contribution in [0.5, 0.6) is 0 Å². The topological polar surface area (TPSA) is 87.8 Å². The van der Waals surface area contributed by atoms with Crippen molar-refractivity contribution in [3.8, 4) is 17.5 Å². The Hall–Kier alpha value is -2.83. The largest absolute Gasteiger partial charge is 0.338 e. The summed E-state index contributed by atoms with van der Waals surface area (Å²) in [6.45, 7) is 0.461. The van der Waals surface area contributed by atoms with E-state index >= 15 is 0 Å². The van der Waals surface area contributed by atoms with Gasteiger partial charge in [-0.15, -0.1) is 0 Å². The predicted octanol–water partition coefficient (Wildman–Crippen LogP) is 3.88. The van der Waals surface area contributed by atoms with Gasteiger partial charge in [0.25, 0.3) is 0 Å². The Labute approximate surface area is 179 Å². The van der Waals surface area contributed by atoms with Crippen molar-refractivity contribution >= 4 is 20.9 Å². The molecule has 0 spiro atoms. The summed E-state index contributed by atoms with van der Waals surface area (Å²) < 4.78 is 54.3. The average molecular weight is 445 g/mol. The minimum atomic E-state index is -4.11. The summed E-state index contributed by atoms with van der Waals surface area (Å²) in [5, 5.41) is 10.7. The maximum atomic E-state index is 12.7. The van der Waals surface area contributed by atoms with Crippen molar-refractivity contribution in [1.82, 2.24) is 14.3 Å². The molecule has 1 fully saturated rings. The van der Waals surface area contributed by atoms with Crippen LogP contribution in [0, 0.1) is 24.2 Å². The molecule has 0 unspecified atom stereocenters. The van der Waals surface area contributed by atoms with Gasteiger partial charge in [-0.1, -0.05) is 12.1 Å². The molecule has 0 bridgehead atoms. The van der Waals surface area contributed by atoms with Crippen LogP contribution in [0.25, 0.3) is 22.3 Å². The van der Waals surface area contributed by atoms with E-state index in [1.807, 2.05) is 29.8 Å². The number of pyridine rings is 1. The number of benzene rings is 1. The molecule has 2 heterocycles. The molecule has 0 amide bonds. The molecule has 1 aliphatic rings. The highest BCUT2D eigenvalue weighted by atomic mass is 32.2. The van der Waals surface area contributed by atoms with E-state index in [4.69, 9.17) is 0 Å². The Morgan fingerprint density at radius 1 is 1.26 bits per heavy atom. The number of alkyl halides is 2. The summed E-state index contributed by atoms with van der Waals surface area (Å²) >= 11 is 0. The van der Waals surface area contributed by atoms with Crippen LogP contribution in [0.4, 0.5) is 8.78 Å². The maximum absolute atomic E-state index is 12.7. The molecule has 1 aliphatic carbocycles. The molecule has 0 atom stereocenters. The van der Waals surface area contributed by atoms with Gasteiger partial charge in [-0.3, -0.25) is 4.98 Å². The first-order chi connectivity index (χ1) is 14.9. The lowest BCUT2D eigenvalue weighted by atomic mass is 10.1. The second-order valence-electron chi connectivity index (χ2n) is 7.92. The van der Waals surface area contributed by atoms with Gasteiger partial charge in [0.05, 0.1) is 28.5 Å². The van der Waals surface area contributed by atoms with E-state index in [9.17, 15) is 22.5 Å². The highest BCUT2D eigenvalue weighted by Gasteiger charge is 2.27. The first-order valence-electron chi connectivity index (χ1n) is 10.0. The first-order valence-corrected chi connectivity index (χ1v) is 11.5. The number of nitrogens with one attached hydrogen (secondary N) is 1. The number of fused-ring (bicyclic) bond motifs is 1. The maximum Gasteiger partial charge on any atom is 0.242 e. The van der Waals surface area contributed by atoms with E-state index in [1.54, 1.807) is 0 Å². The van der Waals surface area contributed by atoms with Gasteiger partial charge in [-0.25, -0.2) is 21.9 Å². The van der Waals surface area contributed by atoms with E-state index in [2.05, 4.69) is 15.6 Å². The smallest absolute Gasteiger partial charge is 0.242 e. The minimum absolute atomic E-state index is 0.192. The zero-order valence-electron chi connectivity index (χ0n) is 17.0. The van der Waals surface area contributed by atoms with Crippen LogP contribution < -0.4 is 4.72 Å². The van der Waals surface area contributed by atoms with Gasteiger partial charge >= 0.3 is 0 Å². The van der Waals surface area contributed by atoms with Crippen LogP contribution in [0.3, 0.4) is 0 Å². The summed E-state index contributed by atoms with van der Waals surface area (Å²) in [4.78, 5) is 4.12. The second kappa shape index (κ2) is 8.36. The first kappa shape index (κ1) is 21.4. The highest BCUT2D eigenvalue weighted by Crippen LogP contribution is 2.38. The summed E-state index contributed by atoms with van der Waals surface area (Å²) in [5.74, 6) is 0.545. The lowest BCUT2D eigenvalue weighted by Crippen LogP contribution is -2.37. The van der Waals surface area contributed by atoms with E-state index in [-0.39, 0.29) is 4.90 Å². The SMILES string of the molecule is Cc1ccc2c(C#N)c(-c3ccc(S(=O)(=O)NC(CF)CF)cn3)n(CC3CC3)c2c1. The number of nitriles is 1. The van der Waals surface area contributed by atoms with Gasteiger partial charge in [0, 0.05) is 18.1 Å². The van der Waals surface area contributed by atoms with Crippen molar-refractivity contribution in [1.29, 1.82) is 5.26 Å². The molecule has 4 rings (SSSR count). The summed E-state index contributed by atoms with van der Waals surface area (Å²) in [7, 11) is -4.11. The average Bonchev–Trinajstić information content (AvgIpc) is 3.54. The molecule has 1 N–H and O–H groups in total. The number of hydrogen-bond donors (Lipinski definition) is 1. The fourth-order valence-corrected chi connectivity index (χ4v) is 4.80. The fourth-order valence-electron chi connectivity index (χ4n) is 3.66.